The molecular formula is C13H17ClFN. The van der Waals surface area contributed by atoms with E-state index in [0.29, 0.717) is 17.7 Å². The van der Waals surface area contributed by atoms with E-state index in [-0.39, 0.29) is 5.82 Å². The largest absolute Gasteiger partial charge is 0.371 e. The van der Waals surface area contributed by atoms with E-state index in [1.807, 2.05) is 6.07 Å². The van der Waals surface area contributed by atoms with E-state index >= 15 is 0 Å². The maximum atomic E-state index is 13.4. The van der Waals surface area contributed by atoms with Crippen LogP contribution in [0.1, 0.15) is 19.4 Å². The van der Waals surface area contributed by atoms with E-state index in [2.05, 4.69) is 18.7 Å². The molecule has 1 aromatic carbocycles. The minimum atomic E-state index is -0.194. The van der Waals surface area contributed by atoms with Gasteiger partial charge in [0, 0.05) is 24.7 Å². The van der Waals surface area contributed by atoms with Crippen LogP contribution in [-0.2, 0) is 5.88 Å². The molecule has 1 heterocycles. The predicted octanol–water partition coefficient (Wildman–Crippen LogP) is 3.66. The molecule has 1 fully saturated rings. The molecule has 1 aromatic rings. The summed E-state index contributed by atoms with van der Waals surface area (Å²) in [6.07, 6.45) is 0. The summed E-state index contributed by atoms with van der Waals surface area (Å²) in [7, 11) is 0. The Hall–Kier alpha value is -0.760. The zero-order valence-corrected chi connectivity index (χ0v) is 10.5. The lowest BCUT2D eigenvalue weighted by molar-refractivity contribution is 0.494. The van der Waals surface area contributed by atoms with Crippen LogP contribution in [0.2, 0.25) is 0 Å². The van der Waals surface area contributed by atoms with Crippen molar-refractivity contribution in [2.24, 2.45) is 11.8 Å². The number of alkyl halides is 1. The highest BCUT2D eigenvalue weighted by Crippen LogP contribution is 2.29. The van der Waals surface area contributed by atoms with E-state index in [9.17, 15) is 4.39 Å². The molecule has 2 rings (SSSR count). The molecule has 0 amide bonds. The van der Waals surface area contributed by atoms with E-state index in [0.717, 1.165) is 24.3 Å². The molecule has 1 saturated heterocycles. The van der Waals surface area contributed by atoms with Crippen molar-refractivity contribution in [3.8, 4) is 0 Å². The van der Waals surface area contributed by atoms with Crippen molar-refractivity contribution in [1.82, 2.24) is 0 Å². The Morgan fingerprint density at radius 2 is 1.88 bits per heavy atom. The fourth-order valence-corrected chi connectivity index (χ4v) is 2.39. The topological polar surface area (TPSA) is 3.24 Å². The summed E-state index contributed by atoms with van der Waals surface area (Å²) in [5.41, 5.74) is 1.82. The summed E-state index contributed by atoms with van der Waals surface area (Å²) >= 11 is 5.75. The van der Waals surface area contributed by atoms with Crippen molar-refractivity contribution < 1.29 is 4.39 Å². The Morgan fingerprint density at radius 1 is 1.25 bits per heavy atom. The molecule has 0 bridgehead atoms. The number of anilines is 1. The predicted molar refractivity (Wildman–Crippen MR) is 66.5 cm³/mol. The van der Waals surface area contributed by atoms with Gasteiger partial charge in [-0.25, -0.2) is 4.39 Å². The highest BCUT2D eigenvalue weighted by atomic mass is 35.5. The lowest BCUT2D eigenvalue weighted by atomic mass is 10.0. The van der Waals surface area contributed by atoms with Crippen LogP contribution in [0.4, 0.5) is 10.1 Å². The first kappa shape index (κ1) is 11.7. The smallest absolute Gasteiger partial charge is 0.125 e. The van der Waals surface area contributed by atoms with Crippen LogP contribution in [-0.4, -0.2) is 13.1 Å². The third-order valence-corrected chi connectivity index (χ3v) is 3.76. The first-order valence-corrected chi connectivity index (χ1v) is 6.24. The van der Waals surface area contributed by atoms with Crippen molar-refractivity contribution in [3.63, 3.8) is 0 Å². The first-order valence-electron chi connectivity index (χ1n) is 5.70. The number of hydrogen-bond acceptors (Lipinski definition) is 1. The molecule has 2 atom stereocenters. The lowest BCUT2D eigenvalue weighted by Crippen LogP contribution is -2.19. The first-order chi connectivity index (χ1) is 7.60. The molecule has 0 saturated carbocycles. The van der Waals surface area contributed by atoms with Crippen molar-refractivity contribution >= 4 is 17.3 Å². The molecule has 2 unspecified atom stereocenters. The van der Waals surface area contributed by atoms with E-state index in [4.69, 9.17) is 11.6 Å². The van der Waals surface area contributed by atoms with Crippen LogP contribution in [0.3, 0.4) is 0 Å². The van der Waals surface area contributed by atoms with Gasteiger partial charge in [-0.15, -0.1) is 11.6 Å². The summed E-state index contributed by atoms with van der Waals surface area (Å²) < 4.78 is 13.4. The summed E-state index contributed by atoms with van der Waals surface area (Å²) in [6, 6.07) is 5.08. The Balaban J connectivity index is 2.24. The van der Waals surface area contributed by atoms with Gasteiger partial charge < -0.3 is 4.90 Å². The van der Waals surface area contributed by atoms with Gasteiger partial charge in [-0.05, 0) is 35.6 Å². The van der Waals surface area contributed by atoms with E-state index in [1.165, 1.54) is 6.07 Å². The summed E-state index contributed by atoms with van der Waals surface area (Å²) in [5.74, 6) is 1.51. The average Bonchev–Trinajstić information content (AvgIpc) is 2.58. The number of halogens is 2. The fourth-order valence-electron chi connectivity index (χ4n) is 2.23. The molecule has 1 nitrogen and oxygen atoms in total. The lowest BCUT2D eigenvalue weighted by Gasteiger charge is -2.19. The normalized spacial score (nSPS) is 25.1. The van der Waals surface area contributed by atoms with Gasteiger partial charge in [0.2, 0.25) is 0 Å². The van der Waals surface area contributed by atoms with Crippen molar-refractivity contribution in [3.05, 3.63) is 29.6 Å². The van der Waals surface area contributed by atoms with Gasteiger partial charge in [0.15, 0.2) is 0 Å². The van der Waals surface area contributed by atoms with E-state index < -0.39 is 0 Å². The number of nitrogens with zero attached hydrogens (tertiary/aromatic N) is 1. The highest BCUT2D eigenvalue weighted by Gasteiger charge is 2.26. The monoisotopic (exact) mass is 241 g/mol. The number of benzene rings is 1. The summed E-state index contributed by atoms with van der Waals surface area (Å²) in [6.45, 7) is 6.50. The third-order valence-electron chi connectivity index (χ3n) is 3.45. The van der Waals surface area contributed by atoms with Gasteiger partial charge in [0.05, 0.1) is 0 Å². The molecule has 0 spiro atoms. The quantitative estimate of drug-likeness (QED) is 0.715. The van der Waals surface area contributed by atoms with Crippen molar-refractivity contribution in [2.45, 2.75) is 19.7 Å². The second kappa shape index (κ2) is 4.62. The Kier molecular flexibility index (Phi) is 3.38. The van der Waals surface area contributed by atoms with Crippen LogP contribution in [0.15, 0.2) is 18.2 Å². The molecule has 3 heteroatoms. The summed E-state index contributed by atoms with van der Waals surface area (Å²) in [4.78, 5) is 2.24. The van der Waals surface area contributed by atoms with Crippen molar-refractivity contribution in [2.75, 3.05) is 18.0 Å². The zero-order valence-electron chi connectivity index (χ0n) is 9.71. The maximum Gasteiger partial charge on any atom is 0.125 e. The van der Waals surface area contributed by atoms with Crippen LogP contribution in [0.5, 0.6) is 0 Å². The van der Waals surface area contributed by atoms with Gasteiger partial charge in [0.1, 0.15) is 5.82 Å². The molecule has 0 N–H and O–H groups in total. The van der Waals surface area contributed by atoms with Gasteiger partial charge in [-0.3, -0.25) is 0 Å². The molecule has 88 valence electrons. The average molecular weight is 242 g/mol. The van der Waals surface area contributed by atoms with Crippen LogP contribution >= 0.6 is 11.6 Å². The molecule has 1 aliphatic rings. The second-order valence-corrected chi connectivity index (χ2v) is 5.08. The van der Waals surface area contributed by atoms with Gasteiger partial charge in [0.25, 0.3) is 0 Å². The molecule has 16 heavy (non-hydrogen) atoms. The van der Waals surface area contributed by atoms with Gasteiger partial charge in [-0.2, -0.15) is 0 Å². The highest BCUT2D eigenvalue weighted by molar-refractivity contribution is 6.17. The standard InChI is InChI=1S/C13H17ClFN/c1-9-7-16(8-10(9)2)13-4-11(6-14)3-12(15)5-13/h3-5,9-10H,6-8H2,1-2H3. The SMILES string of the molecule is CC1CN(c2cc(F)cc(CCl)c2)CC1C. The fraction of sp³-hybridized carbons (Fsp3) is 0.538. The van der Waals surface area contributed by atoms with Crippen LogP contribution in [0, 0.1) is 17.7 Å². The van der Waals surface area contributed by atoms with Crippen LogP contribution < -0.4 is 4.90 Å². The van der Waals surface area contributed by atoms with Crippen LogP contribution in [0.25, 0.3) is 0 Å². The maximum absolute atomic E-state index is 13.4. The molecule has 0 radical (unpaired) electrons. The minimum Gasteiger partial charge on any atom is -0.371 e. The van der Waals surface area contributed by atoms with E-state index in [1.54, 1.807) is 6.07 Å². The Bertz CT molecular complexity index is 370. The third kappa shape index (κ3) is 2.32. The Labute approximate surface area is 101 Å². The van der Waals surface area contributed by atoms with Crippen molar-refractivity contribution in [1.29, 1.82) is 0 Å². The number of rotatable bonds is 2. The zero-order chi connectivity index (χ0) is 11.7. The molecule has 0 aliphatic carbocycles. The summed E-state index contributed by atoms with van der Waals surface area (Å²) in [5, 5.41) is 0. The molecular weight excluding hydrogens is 225 g/mol. The Morgan fingerprint density at radius 3 is 2.44 bits per heavy atom. The molecule has 0 aromatic heterocycles. The molecule has 1 aliphatic heterocycles. The number of hydrogen-bond donors (Lipinski definition) is 0. The second-order valence-electron chi connectivity index (χ2n) is 4.81. The minimum absolute atomic E-state index is 0.194. The van der Waals surface area contributed by atoms with Gasteiger partial charge in [-0.1, -0.05) is 13.8 Å². The van der Waals surface area contributed by atoms with Gasteiger partial charge >= 0.3 is 0 Å².